The molecule has 2 nitrogen and oxygen atoms in total. The van der Waals surface area contributed by atoms with Gasteiger partial charge in [0.15, 0.2) is 0 Å². The van der Waals surface area contributed by atoms with E-state index in [-0.39, 0.29) is 11.7 Å². The number of likely N-dealkylation sites (tertiary alicyclic amines) is 1. The van der Waals surface area contributed by atoms with Gasteiger partial charge in [-0.3, -0.25) is 4.79 Å². The van der Waals surface area contributed by atoms with Crippen LogP contribution in [0.15, 0.2) is 30.3 Å². The monoisotopic (exact) mass is 247 g/mol. The van der Waals surface area contributed by atoms with Gasteiger partial charge in [-0.25, -0.2) is 4.39 Å². The van der Waals surface area contributed by atoms with Crippen molar-refractivity contribution >= 4 is 12.0 Å². The van der Waals surface area contributed by atoms with Crippen molar-refractivity contribution in [3.63, 3.8) is 0 Å². The second-order valence-corrected chi connectivity index (χ2v) is 4.76. The van der Waals surface area contributed by atoms with E-state index in [2.05, 4.69) is 6.92 Å². The molecule has 0 saturated carbocycles. The molecule has 1 saturated heterocycles. The average molecular weight is 247 g/mol. The molecule has 1 aromatic carbocycles. The molecule has 0 aromatic heterocycles. The summed E-state index contributed by atoms with van der Waals surface area (Å²) >= 11 is 0. The second-order valence-electron chi connectivity index (χ2n) is 4.76. The first-order valence-electron chi connectivity index (χ1n) is 6.41. The topological polar surface area (TPSA) is 20.3 Å². The van der Waals surface area contributed by atoms with Crippen LogP contribution in [0.25, 0.3) is 6.08 Å². The Morgan fingerprint density at radius 1 is 1.33 bits per heavy atom. The summed E-state index contributed by atoms with van der Waals surface area (Å²) in [7, 11) is 0. The molecule has 96 valence electrons. The van der Waals surface area contributed by atoms with E-state index in [0.717, 1.165) is 24.9 Å². The maximum Gasteiger partial charge on any atom is 0.246 e. The van der Waals surface area contributed by atoms with E-state index in [0.29, 0.717) is 6.04 Å². The molecule has 18 heavy (non-hydrogen) atoms. The SMILES string of the molecule is C[C@H]1CCCCN1C(=O)/C=C/c1ccc(F)cc1. The molecule has 0 bridgehead atoms. The summed E-state index contributed by atoms with van der Waals surface area (Å²) in [5, 5.41) is 0. The van der Waals surface area contributed by atoms with Crippen LogP contribution in [0, 0.1) is 5.82 Å². The van der Waals surface area contributed by atoms with Crippen LogP contribution in [0.4, 0.5) is 4.39 Å². The van der Waals surface area contributed by atoms with Crippen LogP contribution in [0.1, 0.15) is 31.7 Å². The van der Waals surface area contributed by atoms with E-state index >= 15 is 0 Å². The van der Waals surface area contributed by atoms with Gasteiger partial charge in [-0.05, 0) is 50.0 Å². The summed E-state index contributed by atoms with van der Waals surface area (Å²) in [6, 6.07) is 6.45. The van der Waals surface area contributed by atoms with Gasteiger partial charge in [0.05, 0.1) is 0 Å². The summed E-state index contributed by atoms with van der Waals surface area (Å²) in [5.41, 5.74) is 0.842. The molecule has 0 N–H and O–H groups in total. The minimum Gasteiger partial charge on any atom is -0.336 e. The summed E-state index contributed by atoms with van der Waals surface area (Å²) in [6.45, 7) is 2.93. The van der Waals surface area contributed by atoms with E-state index in [1.165, 1.54) is 18.6 Å². The Balaban J connectivity index is 1.99. The predicted molar refractivity (Wildman–Crippen MR) is 70.5 cm³/mol. The van der Waals surface area contributed by atoms with Crippen LogP contribution in [0.3, 0.4) is 0 Å². The second kappa shape index (κ2) is 5.80. The Bertz CT molecular complexity index is 438. The molecule has 1 fully saturated rings. The number of carbonyl (C=O) groups is 1. The summed E-state index contributed by atoms with van der Waals surface area (Å²) < 4.78 is 12.7. The number of rotatable bonds is 2. The highest BCUT2D eigenvalue weighted by atomic mass is 19.1. The Labute approximate surface area is 107 Å². The molecular weight excluding hydrogens is 229 g/mol. The molecule has 1 heterocycles. The number of benzene rings is 1. The lowest BCUT2D eigenvalue weighted by Gasteiger charge is -2.32. The van der Waals surface area contributed by atoms with Gasteiger partial charge < -0.3 is 4.90 Å². The van der Waals surface area contributed by atoms with Gasteiger partial charge in [0.2, 0.25) is 5.91 Å². The molecule has 1 amide bonds. The highest BCUT2D eigenvalue weighted by molar-refractivity contribution is 5.92. The van der Waals surface area contributed by atoms with Gasteiger partial charge in [-0.1, -0.05) is 12.1 Å². The Hall–Kier alpha value is -1.64. The predicted octanol–water partition coefficient (Wildman–Crippen LogP) is 3.24. The number of carbonyl (C=O) groups excluding carboxylic acids is 1. The third kappa shape index (κ3) is 3.19. The number of piperidine rings is 1. The van der Waals surface area contributed by atoms with Crippen molar-refractivity contribution in [3.05, 3.63) is 41.7 Å². The Morgan fingerprint density at radius 2 is 2.06 bits per heavy atom. The fourth-order valence-corrected chi connectivity index (χ4v) is 2.26. The van der Waals surface area contributed by atoms with E-state index in [9.17, 15) is 9.18 Å². The lowest BCUT2D eigenvalue weighted by Crippen LogP contribution is -2.41. The van der Waals surface area contributed by atoms with E-state index in [1.54, 1.807) is 24.3 Å². The first kappa shape index (κ1) is 12.8. The highest BCUT2D eigenvalue weighted by Crippen LogP contribution is 2.17. The van der Waals surface area contributed by atoms with Crippen LogP contribution < -0.4 is 0 Å². The van der Waals surface area contributed by atoms with E-state index in [4.69, 9.17) is 0 Å². The number of hydrogen-bond acceptors (Lipinski definition) is 1. The first-order chi connectivity index (χ1) is 8.66. The van der Waals surface area contributed by atoms with Crippen LogP contribution in [0.5, 0.6) is 0 Å². The van der Waals surface area contributed by atoms with E-state index in [1.807, 2.05) is 4.90 Å². The molecule has 2 rings (SSSR count). The van der Waals surface area contributed by atoms with Crippen LogP contribution in [-0.4, -0.2) is 23.4 Å². The van der Waals surface area contributed by atoms with Crippen molar-refractivity contribution < 1.29 is 9.18 Å². The zero-order chi connectivity index (χ0) is 13.0. The summed E-state index contributed by atoms with van der Waals surface area (Å²) in [4.78, 5) is 13.9. The molecule has 3 heteroatoms. The normalized spacial score (nSPS) is 20.3. The lowest BCUT2D eigenvalue weighted by atomic mass is 10.0. The molecule has 1 aromatic rings. The fraction of sp³-hybridized carbons (Fsp3) is 0.400. The molecule has 1 atom stereocenters. The van der Waals surface area contributed by atoms with Gasteiger partial charge in [0.25, 0.3) is 0 Å². The minimum absolute atomic E-state index is 0.0477. The highest BCUT2D eigenvalue weighted by Gasteiger charge is 2.20. The molecule has 1 aliphatic rings. The molecule has 0 aliphatic carbocycles. The van der Waals surface area contributed by atoms with Gasteiger partial charge in [-0.2, -0.15) is 0 Å². The van der Waals surface area contributed by atoms with Gasteiger partial charge >= 0.3 is 0 Å². The van der Waals surface area contributed by atoms with Gasteiger partial charge in [-0.15, -0.1) is 0 Å². The summed E-state index contributed by atoms with van der Waals surface area (Å²) in [6.07, 6.45) is 6.68. The molecule has 1 aliphatic heterocycles. The van der Waals surface area contributed by atoms with Crippen LogP contribution in [-0.2, 0) is 4.79 Å². The number of halogens is 1. The van der Waals surface area contributed by atoms with Crippen LogP contribution in [0.2, 0.25) is 0 Å². The standard InChI is InChI=1S/C15H18FNO/c1-12-4-2-3-11-17(12)15(18)10-7-13-5-8-14(16)9-6-13/h5-10,12H,2-4,11H2,1H3/b10-7+/t12-/m0/s1. The zero-order valence-electron chi connectivity index (χ0n) is 10.6. The lowest BCUT2D eigenvalue weighted by molar-refractivity contribution is -0.129. The fourth-order valence-electron chi connectivity index (χ4n) is 2.26. The molecular formula is C15H18FNO. The van der Waals surface area contributed by atoms with Gasteiger partial charge in [0.1, 0.15) is 5.82 Å². The number of nitrogens with zero attached hydrogens (tertiary/aromatic N) is 1. The van der Waals surface area contributed by atoms with Gasteiger partial charge in [0, 0.05) is 18.7 Å². The molecule has 0 unspecified atom stereocenters. The number of amides is 1. The molecule has 0 spiro atoms. The Morgan fingerprint density at radius 3 is 2.72 bits per heavy atom. The smallest absolute Gasteiger partial charge is 0.246 e. The maximum atomic E-state index is 12.7. The van der Waals surface area contributed by atoms with Crippen LogP contribution >= 0.6 is 0 Å². The van der Waals surface area contributed by atoms with Crippen molar-refractivity contribution in [1.82, 2.24) is 4.90 Å². The molecule has 0 radical (unpaired) electrons. The average Bonchev–Trinajstić information content (AvgIpc) is 2.38. The Kier molecular flexibility index (Phi) is 4.13. The van der Waals surface area contributed by atoms with Crippen molar-refractivity contribution in [2.45, 2.75) is 32.2 Å². The van der Waals surface area contributed by atoms with Crippen molar-refractivity contribution in [1.29, 1.82) is 0 Å². The maximum absolute atomic E-state index is 12.7. The summed E-state index contributed by atoms with van der Waals surface area (Å²) in [5.74, 6) is -0.213. The minimum atomic E-state index is -0.261. The third-order valence-electron chi connectivity index (χ3n) is 3.37. The third-order valence-corrected chi connectivity index (χ3v) is 3.37. The van der Waals surface area contributed by atoms with E-state index < -0.39 is 0 Å². The van der Waals surface area contributed by atoms with Crippen molar-refractivity contribution in [2.24, 2.45) is 0 Å². The number of hydrogen-bond donors (Lipinski definition) is 0. The zero-order valence-corrected chi connectivity index (χ0v) is 10.6. The quantitative estimate of drug-likeness (QED) is 0.735. The first-order valence-corrected chi connectivity index (χ1v) is 6.41. The van der Waals surface area contributed by atoms with Crippen molar-refractivity contribution in [3.8, 4) is 0 Å². The van der Waals surface area contributed by atoms with Crippen molar-refractivity contribution in [2.75, 3.05) is 6.54 Å². The largest absolute Gasteiger partial charge is 0.336 e.